The predicted octanol–water partition coefficient (Wildman–Crippen LogP) is 2.17. The van der Waals surface area contributed by atoms with Crippen molar-refractivity contribution in [3.63, 3.8) is 0 Å². The molecule has 80 valence electrons. The van der Waals surface area contributed by atoms with E-state index in [-0.39, 0.29) is 10.8 Å². The second-order valence-corrected chi connectivity index (χ2v) is 4.19. The second kappa shape index (κ2) is 4.14. The summed E-state index contributed by atoms with van der Waals surface area (Å²) in [6.45, 7) is 0. The molecule has 4 nitrogen and oxygen atoms in total. The first-order valence-corrected chi connectivity index (χ1v) is 5.29. The Labute approximate surface area is 92.3 Å². The molecule has 1 aromatic heterocycles. The maximum Gasteiger partial charge on any atom is 0.354 e. The van der Waals surface area contributed by atoms with E-state index < -0.39 is 5.97 Å². The molecule has 0 radical (unpaired) electrons. The van der Waals surface area contributed by atoms with Crippen LogP contribution in [0.2, 0.25) is 5.15 Å². The number of carboxylic acid groups (broad SMARTS) is 1. The lowest BCUT2D eigenvalue weighted by molar-refractivity contribution is 0.0689. The van der Waals surface area contributed by atoms with Crippen molar-refractivity contribution in [3.05, 3.63) is 22.7 Å². The number of hydrogen-bond acceptors (Lipinski definition) is 3. The molecule has 0 atom stereocenters. The summed E-state index contributed by atoms with van der Waals surface area (Å²) >= 11 is 5.72. The van der Waals surface area contributed by atoms with Gasteiger partial charge < -0.3 is 5.11 Å². The van der Waals surface area contributed by atoms with Gasteiger partial charge in [0.15, 0.2) is 5.69 Å². The lowest BCUT2D eigenvalue weighted by atomic mass is 9.83. The Balaban J connectivity index is 2.18. The molecule has 0 bridgehead atoms. The number of nitrogens with zero attached hydrogens (tertiary/aromatic N) is 2. The molecule has 1 fully saturated rings. The van der Waals surface area contributed by atoms with E-state index in [2.05, 4.69) is 9.97 Å². The fourth-order valence-corrected chi connectivity index (χ4v) is 1.82. The topological polar surface area (TPSA) is 63.1 Å². The molecule has 1 heterocycles. The third-order valence-corrected chi connectivity index (χ3v) is 2.85. The largest absolute Gasteiger partial charge is 0.477 e. The van der Waals surface area contributed by atoms with Gasteiger partial charge >= 0.3 is 5.97 Å². The fourth-order valence-electron chi connectivity index (χ4n) is 1.62. The smallest absolute Gasteiger partial charge is 0.354 e. The number of halogens is 1. The van der Waals surface area contributed by atoms with Crippen molar-refractivity contribution in [2.75, 3.05) is 0 Å². The van der Waals surface area contributed by atoms with E-state index in [0.717, 1.165) is 6.42 Å². The van der Waals surface area contributed by atoms with Crippen molar-refractivity contribution >= 4 is 17.6 Å². The van der Waals surface area contributed by atoms with Crippen molar-refractivity contribution in [3.8, 4) is 0 Å². The van der Waals surface area contributed by atoms with Gasteiger partial charge in [-0.25, -0.2) is 14.8 Å². The van der Waals surface area contributed by atoms with Crippen LogP contribution in [0.3, 0.4) is 0 Å². The van der Waals surface area contributed by atoms with Gasteiger partial charge in [0.25, 0.3) is 0 Å². The van der Waals surface area contributed by atoms with Crippen LogP contribution >= 0.6 is 11.6 Å². The maximum absolute atomic E-state index is 10.7. The minimum atomic E-state index is -1.06. The molecule has 0 aromatic carbocycles. The number of rotatable bonds is 3. The predicted molar refractivity (Wildman–Crippen MR) is 55.0 cm³/mol. The first-order valence-electron chi connectivity index (χ1n) is 4.92. The van der Waals surface area contributed by atoms with Crippen LogP contribution in [0.4, 0.5) is 0 Å². The molecule has 1 N–H and O–H groups in total. The Hall–Kier alpha value is -1.16. The molecule has 1 aliphatic rings. The maximum atomic E-state index is 10.7. The Kier molecular flexibility index (Phi) is 2.86. The standard InChI is InChI=1S/C10H11ClN2O2/c11-8-5-7(10(14)15)12-9(13-8)4-6-2-1-3-6/h5-6H,1-4H2,(H,14,15). The van der Waals surface area contributed by atoms with Gasteiger partial charge in [-0.15, -0.1) is 0 Å². The van der Waals surface area contributed by atoms with Crippen LogP contribution in [-0.2, 0) is 6.42 Å². The first kappa shape index (κ1) is 10.4. The minimum Gasteiger partial charge on any atom is -0.477 e. The molecule has 0 aliphatic heterocycles. The summed E-state index contributed by atoms with van der Waals surface area (Å²) in [4.78, 5) is 18.7. The Bertz CT molecular complexity index is 391. The highest BCUT2D eigenvalue weighted by Crippen LogP contribution is 2.29. The third kappa shape index (κ3) is 2.45. The van der Waals surface area contributed by atoms with Crippen molar-refractivity contribution < 1.29 is 9.90 Å². The summed E-state index contributed by atoms with van der Waals surface area (Å²) in [6.07, 6.45) is 4.34. The van der Waals surface area contributed by atoms with Crippen LogP contribution in [0.5, 0.6) is 0 Å². The number of carbonyl (C=O) groups is 1. The number of aromatic nitrogens is 2. The molecule has 0 amide bonds. The summed E-state index contributed by atoms with van der Waals surface area (Å²) in [7, 11) is 0. The zero-order valence-electron chi connectivity index (χ0n) is 8.11. The summed E-state index contributed by atoms with van der Waals surface area (Å²) in [5.41, 5.74) is -0.0238. The van der Waals surface area contributed by atoms with E-state index in [1.165, 1.54) is 25.3 Å². The highest BCUT2D eigenvalue weighted by molar-refractivity contribution is 6.29. The van der Waals surface area contributed by atoms with E-state index in [0.29, 0.717) is 11.7 Å². The fraction of sp³-hybridized carbons (Fsp3) is 0.500. The van der Waals surface area contributed by atoms with E-state index in [9.17, 15) is 4.79 Å². The van der Waals surface area contributed by atoms with Gasteiger partial charge in [-0.05, 0) is 5.92 Å². The molecule has 15 heavy (non-hydrogen) atoms. The number of hydrogen-bond donors (Lipinski definition) is 1. The zero-order valence-corrected chi connectivity index (χ0v) is 8.87. The van der Waals surface area contributed by atoms with Gasteiger partial charge in [0.2, 0.25) is 0 Å². The van der Waals surface area contributed by atoms with Crippen molar-refractivity contribution in [1.29, 1.82) is 0 Å². The summed E-state index contributed by atoms with van der Waals surface area (Å²) in [5.74, 6) is 0.0869. The average molecular weight is 227 g/mol. The summed E-state index contributed by atoms with van der Waals surface area (Å²) < 4.78 is 0. The van der Waals surface area contributed by atoms with E-state index in [4.69, 9.17) is 16.7 Å². The molecule has 1 aliphatic carbocycles. The van der Waals surface area contributed by atoms with Crippen LogP contribution in [0.15, 0.2) is 6.07 Å². The normalized spacial score (nSPS) is 16.1. The van der Waals surface area contributed by atoms with Gasteiger partial charge in [0, 0.05) is 12.5 Å². The van der Waals surface area contributed by atoms with E-state index >= 15 is 0 Å². The quantitative estimate of drug-likeness (QED) is 0.803. The SMILES string of the molecule is O=C(O)c1cc(Cl)nc(CC2CCC2)n1. The molecular weight excluding hydrogens is 216 g/mol. The van der Waals surface area contributed by atoms with Crippen molar-refractivity contribution in [2.24, 2.45) is 5.92 Å². The Morgan fingerprint density at radius 1 is 1.53 bits per heavy atom. The molecule has 1 aromatic rings. The molecule has 0 saturated heterocycles. The van der Waals surface area contributed by atoms with Gasteiger partial charge in [-0.1, -0.05) is 30.9 Å². The van der Waals surface area contributed by atoms with Gasteiger partial charge in [0.1, 0.15) is 11.0 Å². The second-order valence-electron chi connectivity index (χ2n) is 3.80. The summed E-state index contributed by atoms with van der Waals surface area (Å²) in [6, 6.07) is 1.27. The monoisotopic (exact) mass is 226 g/mol. The first-order chi connectivity index (χ1) is 7.15. The molecule has 0 unspecified atom stereocenters. The molecule has 1 saturated carbocycles. The van der Waals surface area contributed by atoms with Crippen molar-refractivity contribution in [2.45, 2.75) is 25.7 Å². The Morgan fingerprint density at radius 2 is 2.27 bits per heavy atom. The van der Waals surface area contributed by atoms with Crippen molar-refractivity contribution in [1.82, 2.24) is 9.97 Å². The molecule has 2 rings (SSSR count). The number of carboxylic acids is 1. The number of aromatic carboxylic acids is 1. The van der Waals surface area contributed by atoms with Gasteiger partial charge in [-0.2, -0.15) is 0 Å². The van der Waals surface area contributed by atoms with Crippen LogP contribution in [-0.4, -0.2) is 21.0 Å². The third-order valence-electron chi connectivity index (χ3n) is 2.66. The van der Waals surface area contributed by atoms with Gasteiger partial charge in [0.05, 0.1) is 0 Å². The summed E-state index contributed by atoms with van der Waals surface area (Å²) in [5, 5.41) is 9.00. The Morgan fingerprint density at radius 3 is 2.80 bits per heavy atom. The van der Waals surface area contributed by atoms with Gasteiger partial charge in [-0.3, -0.25) is 0 Å². The lowest BCUT2D eigenvalue weighted by Gasteiger charge is -2.24. The highest BCUT2D eigenvalue weighted by Gasteiger charge is 2.20. The van der Waals surface area contributed by atoms with Crippen LogP contribution in [0.25, 0.3) is 0 Å². The molecular formula is C10H11ClN2O2. The van der Waals surface area contributed by atoms with E-state index in [1.807, 2.05) is 0 Å². The lowest BCUT2D eigenvalue weighted by Crippen LogP contribution is -2.16. The van der Waals surface area contributed by atoms with Crippen LogP contribution in [0, 0.1) is 5.92 Å². The zero-order chi connectivity index (χ0) is 10.8. The minimum absolute atomic E-state index is 0.0238. The molecule has 0 spiro atoms. The van der Waals surface area contributed by atoms with E-state index in [1.54, 1.807) is 0 Å². The highest BCUT2D eigenvalue weighted by atomic mass is 35.5. The van der Waals surface area contributed by atoms with Crippen LogP contribution < -0.4 is 0 Å². The molecule has 5 heteroatoms. The average Bonchev–Trinajstić information content (AvgIpc) is 2.10. The van der Waals surface area contributed by atoms with Crippen LogP contribution in [0.1, 0.15) is 35.6 Å².